The Hall–Kier alpha value is -2.44. The summed E-state index contributed by atoms with van der Waals surface area (Å²) in [4.78, 5) is 19.7. The lowest BCUT2D eigenvalue weighted by Gasteiger charge is -2.19. The number of hydrogen-bond donors (Lipinski definition) is 2. The number of rotatable bonds is 5. The number of ether oxygens (including phenoxy) is 1. The summed E-state index contributed by atoms with van der Waals surface area (Å²) in [5.74, 6) is 1.03. The van der Waals surface area contributed by atoms with Crippen LogP contribution in [0, 0.1) is 0 Å². The Bertz CT molecular complexity index is 884. The highest BCUT2D eigenvalue weighted by atomic mass is 35.5. The second-order valence-corrected chi connectivity index (χ2v) is 6.21. The minimum atomic E-state index is -0.469. The van der Waals surface area contributed by atoms with Crippen molar-refractivity contribution < 1.29 is 9.53 Å². The summed E-state index contributed by atoms with van der Waals surface area (Å²) in [6.07, 6.45) is 3.49. The van der Waals surface area contributed by atoms with Crippen LogP contribution in [-0.4, -0.2) is 27.6 Å². The van der Waals surface area contributed by atoms with E-state index in [2.05, 4.69) is 15.3 Å². The molecule has 8 heteroatoms. The number of hydrogen-bond acceptors (Lipinski definition) is 3. The number of carbonyl (C=O) groups excluding carboxylic acids is 1. The van der Waals surface area contributed by atoms with E-state index in [1.807, 2.05) is 42.1 Å². The molecule has 0 radical (unpaired) electrons. The fraction of sp³-hybridized carbons (Fsp3) is 0.176. The van der Waals surface area contributed by atoms with Crippen LogP contribution in [0.3, 0.4) is 0 Å². The number of aromatic amines is 1. The van der Waals surface area contributed by atoms with E-state index in [1.54, 1.807) is 13.3 Å². The van der Waals surface area contributed by atoms with Crippen LogP contribution in [0.5, 0.6) is 5.75 Å². The summed E-state index contributed by atoms with van der Waals surface area (Å²) >= 11 is 11.8. The Morgan fingerprint density at radius 2 is 2.16 bits per heavy atom. The molecule has 1 atom stereocenters. The van der Waals surface area contributed by atoms with Gasteiger partial charge in [0, 0.05) is 19.4 Å². The summed E-state index contributed by atoms with van der Waals surface area (Å²) < 4.78 is 7.13. The van der Waals surface area contributed by atoms with Crippen LogP contribution in [0.2, 0.25) is 10.2 Å². The second-order valence-electron chi connectivity index (χ2n) is 5.42. The van der Waals surface area contributed by atoms with Crippen molar-refractivity contribution in [3.8, 4) is 5.75 Å². The van der Waals surface area contributed by atoms with Gasteiger partial charge in [-0.05, 0) is 23.8 Å². The third-order valence-electron chi connectivity index (χ3n) is 3.79. The van der Waals surface area contributed by atoms with Crippen LogP contribution in [0.1, 0.15) is 27.9 Å². The molecule has 6 nitrogen and oxygen atoms in total. The number of H-pyrrole nitrogens is 1. The Morgan fingerprint density at radius 1 is 1.36 bits per heavy atom. The van der Waals surface area contributed by atoms with Crippen molar-refractivity contribution in [2.45, 2.75) is 6.04 Å². The van der Waals surface area contributed by atoms with Crippen molar-refractivity contribution in [2.75, 3.05) is 7.11 Å². The highest BCUT2D eigenvalue weighted by molar-refractivity contribution is 6.41. The first-order valence-electron chi connectivity index (χ1n) is 7.45. The number of halogens is 2. The SMILES string of the molecule is COc1cccc([C@@H](NC(=O)c2cc(Cl)c(Cl)[nH]2)c2nccn2C)c1. The average molecular weight is 379 g/mol. The molecule has 1 aromatic carbocycles. The van der Waals surface area contributed by atoms with Gasteiger partial charge in [0.05, 0.1) is 12.1 Å². The number of benzene rings is 1. The quantitative estimate of drug-likeness (QED) is 0.712. The highest BCUT2D eigenvalue weighted by Crippen LogP contribution is 2.26. The Labute approximate surface area is 154 Å². The third-order valence-corrected chi connectivity index (χ3v) is 4.48. The van der Waals surface area contributed by atoms with Crippen molar-refractivity contribution in [1.82, 2.24) is 19.9 Å². The molecule has 0 saturated heterocycles. The van der Waals surface area contributed by atoms with Gasteiger partial charge in [-0.3, -0.25) is 4.79 Å². The summed E-state index contributed by atoms with van der Waals surface area (Å²) in [6, 6.07) is 8.47. The Morgan fingerprint density at radius 3 is 2.76 bits per heavy atom. The summed E-state index contributed by atoms with van der Waals surface area (Å²) in [7, 11) is 3.46. The summed E-state index contributed by atoms with van der Waals surface area (Å²) in [5, 5.41) is 3.48. The molecule has 2 heterocycles. The van der Waals surface area contributed by atoms with Gasteiger partial charge in [-0.15, -0.1) is 0 Å². The molecule has 0 unspecified atom stereocenters. The maximum atomic E-state index is 12.6. The lowest BCUT2D eigenvalue weighted by Crippen LogP contribution is -2.31. The molecule has 0 aliphatic rings. The maximum absolute atomic E-state index is 12.6. The number of aromatic nitrogens is 3. The van der Waals surface area contributed by atoms with E-state index in [9.17, 15) is 4.79 Å². The molecule has 3 rings (SSSR count). The number of imidazole rings is 1. The zero-order valence-electron chi connectivity index (χ0n) is 13.6. The van der Waals surface area contributed by atoms with Crippen LogP contribution < -0.4 is 10.1 Å². The monoisotopic (exact) mass is 378 g/mol. The van der Waals surface area contributed by atoms with E-state index in [4.69, 9.17) is 27.9 Å². The topological polar surface area (TPSA) is 71.9 Å². The predicted octanol–water partition coefficient (Wildman–Crippen LogP) is 3.58. The van der Waals surface area contributed by atoms with E-state index < -0.39 is 6.04 Å². The fourth-order valence-electron chi connectivity index (χ4n) is 2.51. The zero-order chi connectivity index (χ0) is 18.0. The van der Waals surface area contributed by atoms with E-state index >= 15 is 0 Å². The normalized spacial score (nSPS) is 12.0. The third kappa shape index (κ3) is 3.65. The molecule has 2 aromatic heterocycles. The first kappa shape index (κ1) is 17.4. The molecular formula is C17H16Cl2N4O2. The molecule has 130 valence electrons. The second kappa shape index (κ2) is 7.21. The van der Waals surface area contributed by atoms with E-state index in [1.165, 1.54) is 6.07 Å². The van der Waals surface area contributed by atoms with Crippen molar-refractivity contribution in [2.24, 2.45) is 7.05 Å². The number of amides is 1. The van der Waals surface area contributed by atoms with Crippen LogP contribution in [0.4, 0.5) is 0 Å². The molecule has 0 spiro atoms. The zero-order valence-corrected chi connectivity index (χ0v) is 15.1. The standard InChI is InChI=1S/C17H16Cl2N4O2/c1-23-7-6-20-16(23)14(10-4-3-5-11(8-10)25-2)22-17(24)13-9-12(18)15(19)21-13/h3-9,14,21H,1-2H3,(H,22,24)/t14-/m1/s1. The van der Waals surface area contributed by atoms with Gasteiger partial charge >= 0.3 is 0 Å². The van der Waals surface area contributed by atoms with Crippen LogP contribution in [0.25, 0.3) is 0 Å². The summed E-state index contributed by atoms with van der Waals surface area (Å²) in [6.45, 7) is 0. The van der Waals surface area contributed by atoms with Gasteiger partial charge in [-0.2, -0.15) is 0 Å². The van der Waals surface area contributed by atoms with Crippen LogP contribution in [0.15, 0.2) is 42.7 Å². The van der Waals surface area contributed by atoms with E-state index in [0.717, 1.165) is 5.56 Å². The lowest BCUT2D eigenvalue weighted by molar-refractivity contribution is 0.0936. The Kier molecular flexibility index (Phi) is 5.01. The Balaban J connectivity index is 1.96. The maximum Gasteiger partial charge on any atom is 0.268 e. The molecule has 1 amide bonds. The molecule has 25 heavy (non-hydrogen) atoms. The number of aryl methyl sites for hydroxylation is 1. The molecule has 0 saturated carbocycles. The average Bonchev–Trinajstić information content (AvgIpc) is 3.18. The van der Waals surface area contributed by atoms with Gasteiger partial charge in [-0.25, -0.2) is 4.98 Å². The molecule has 0 aliphatic carbocycles. The minimum Gasteiger partial charge on any atom is -0.497 e. The first-order valence-corrected chi connectivity index (χ1v) is 8.21. The highest BCUT2D eigenvalue weighted by Gasteiger charge is 2.23. The van der Waals surface area contributed by atoms with Gasteiger partial charge in [0.2, 0.25) is 0 Å². The predicted molar refractivity (Wildman–Crippen MR) is 96.3 cm³/mol. The van der Waals surface area contributed by atoms with Gasteiger partial charge in [0.1, 0.15) is 28.5 Å². The first-order chi connectivity index (χ1) is 12.0. The molecule has 3 aromatic rings. The number of nitrogens with one attached hydrogen (secondary N) is 2. The van der Waals surface area contributed by atoms with Crippen molar-refractivity contribution in [3.05, 3.63) is 70.0 Å². The van der Waals surface area contributed by atoms with Gasteiger partial charge in [-0.1, -0.05) is 35.3 Å². The molecule has 0 aliphatic heterocycles. The largest absolute Gasteiger partial charge is 0.497 e. The van der Waals surface area contributed by atoms with Crippen molar-refractivity contribution >= 4 is 29.1 Å². The molecule has 2 N–H and O–H groups in total. The van der Waals surface area contributed by atoms with Gasteiger partial charge in [0.25, 0.3) is 5.91 Å². The number of carbonyl (C=O) groups is 1. The van der Waals surface area contributed by atoms with Crippen LogP contribution >= 0.6 is 23.2 Å². The lowest BCUT2D eigenvalue weighted by atomic mass is 10.1. The van der Waals surface area contributed by atoms with E-state index in [0.29, 0.717) is 16.6 Å². The summed E-state index contributed by atoms with van der Waals surface area (Å²) in [5.41, 5.74) is 1.11. The van der Waals surface area contributed by atoms with Crippen LogP contribution in [-0.2, 0) is 7.05 Å². The smallest absolute Gasteiger partial charge is 0.268 e. The molecular weight excluding hydrogens is 363 g/mol. The number of methoxy groups -OCH3 is 1. The van der Waals surface area contributed by atoms with Gasteiger partial charge in [0.15, 0.2) is 0 Å². The fourth-order valence-corrected chi connectivity index (χ4v) is 2.82. The molecule has 0 bridgehead atoms. The molecule has 0 fully saturated rings. The van der Waals surface area contributed by atoms with Crippen molar-refractivity contribution in [1.29, 1.82) is 0 Å². The number of nitrogens with zero attached hydrogens (tertiary/aromatic N) is 2. The van der Waals surface area contributed by atoms with Crippen molar-refractivity contribution in [3.63, 3.8) is 0 Å². The van der Waals surface area contributed by atoms with Gasteiger partial charge < -0.3 is 19.6 Å². The van der Waals surface area contributed by atoms with E-state index in [-0.39, 0.29) is 16.8 Å². The minimum absolute atomic E-state index is 0.224.